The van der Waals surface area contributed by atoms with Gasteiger partial charge >= 0.3 is 5.97 Å². The van der Waals surface area contributed by atoms with Crippen molar-refractivity contribution in [2.24, 2.45) is 5.92 Å². The van der Waals surface area contributed by atoms with Crippen LogP contribution in [0, 0.1) is 19.8 Å². The molecule has 5 nitrogen and oxygen atoms in total. The number of piperidine rings is 1. The van der Waals surface area contributed by atoms with E-state index in [1.165, 1.54) is 16.7 Å². The highest BCUT2D eigenvalue weighted by Crippen LogP contribution is 2.40. The first-order valence-corrected chi connectivity index (χ1v) is 11.2. The largest absolute Gasteiger partial charge is 0.481 e. The van der Waals surface area contributed by atoms with Gasteiger partial charge in [0.2, 0.25) is 0 Å². The van der Waals surface area contributed by atoms with Crippen molar-refractivity contribution in [1.82, 2.24) is 9.88 Å². The molecular formula is C23H27Cl2N3O2. The SMILES string of the molecule is Cc1c(CN2CCC(C(=O)O)CC2)cnc(C2CN(c3c(Cl)cccc3Cl)C2)c1C. The van der Waals surface area contributed by atoms with Gasteiger partial charge in [0.1, 0.15) is 0 Å². The number of halogens is 2. The Bertz CT molecular complexity index is 931. The minimum absolute atomic E-state index is 0.197. The van der Waals surface area contributed by atoms with Crippen molar-refractivity contribution in [2.45, 2.75) is 39.2 Å². The molecule has 3 heterocycles. The van der Waals surface area contributed by atoms with Gasteiger partial charge in [0.15, 0.2) is 0 Å². The number of carboxylic acid groups (broad SMARTS) is 1. The van der Waals surface area contributed by atoms with Gasteiger partial charge < -0.3 is 10.0 Å². The van der Waals surface area contributed by atoms with E-state index >= 15 is 0 Å². The Morgan fingerprint density at radius 2 is 1.77 bits per heavy atom. The quantitative estimate of drug-likeness (QED) is 0.705. The van der Waals surface area contributed by atoms with Crippen molar-refractivity contribution in [2.75, 3.05) is 31.1 Å². The fraction of sp³-hybridized carbons (Fsp3) is 0.478. The molecule has 0 bridgehead atoms. The van der Waals surface area contributed by atoms with E-state index in [1.807, 2.05) is 24.4 Å². The van der Waals surface area contributed by atoms with E-state index in [0.29, 0.717) is 16.0 Å². The van der Waals surface area contributed by atoms with Gasteiger partial charge in [-0.3, -0.25) is 14.7 Å². The van der Waals surface area contributed by atoms with Gasteiger partial charge in [0.25, 0.3) is 0 Å². The zero-order valence-electron chi connectivity index (χ0n) is 17.4. The molecule has 1 aromatic carbocycles. The van der Waals surface area contributed by atoms with Crippen molar-refractivity contribution in [3.63, 3.8) is 0 Å². The third-order valence-electron chi connectivity index (χ3n) is 6.64. The van der Waals surface area contributed by atoms with Gasteiger partial charge in [-0.05, 0) is 68.6 Å². The molecule has 7 heteroatoms. The first-order valence-electron chi connectivity index (χ1n) is 10.4. The summed E-state index contributed by atoms with van der Waals surface area (Å²) in [5.74, 6) is -0.491. The van der Waals surface area contributed by atoms with E-state index in [-0.39, 0.29) is 5.92 Å². The number of benzene rings is 1. The molecular weight excluding hydrogens is 421 g/mol. The molecule has 0 amide bonds. The predicted molar refractivity (Wildman–Crippen MR) is 121 cm³/mol. The zero-order chi connectivity index (χ0) is 21.4. The number of rotatable bonds is 5. The molecule has 0 unspecified atom stereocenters. The van der Waals surface area contributed by atoms with Gasteiger partial charge in [-0.2, -0.15) is 0 Å². The summed E-state index contributed by atoms with van der Waals surface area (Å²) in [5, 5.41) is 10.5. The molecule has 2 aliphatic heterocycles. The topological polar surface area (TPSA) is 56.7 Å². The predicted octanol–water partition coefficient (Wildman–Crippen LogP) is 4.91. The summed E-state index contributed by atoms with van der Waals surface area (Å²) in [7, 11) is 0. The van der Waals surface area contributed by atoms with E-state index in [4.69, 9.17) is 28.2 Å². The van der Waals surface area contributed by atoms with Gasteiger partial charge in [0, 0.05) is 31.7 Å². The fourth-order valence-electron chi connectivity index (χ4n) is 4.55. The van der Waals surface area contributed by atoms with Crippen LogP contribution in [0.1, 0.15) is 41.1 Å². The highest BCUT2D eigenvalue weighted by molar-refractivity contribution is 6.39. The summed E-state index contributed by atoms with van der Waals surface area (Å²) < 4.78 is 0. The number of hydrogen-bond donors (Lipinski definition) is 1. The molecule has 160 valence electrons. The Hall–Kier alpha value is -1.82. The second-order valence-electron chi connectivity index (χ2n) is 8.48. The van der Waals surface area contributed by atoms with E-state index in [1.54, 1.807) is 0 Å². The van der Waals surface area contributed by atoms with E-state index in [2.05, 4.69) is 23.6 Å². The van der Waals surface area contributed by atoms with Crippen LogP contribution >= 0.6 is 23.2 Å². The van der Waals surface area contributed by atoms with Crippen molar-refractivity contribution in [3.05, 3.63) is 56.8 Å². The first-order chi connectivity index (χ1) is 14.3. The molecule has 1 aromatic heterocycles. The maximum absolute atomic E-state index is 11.2. The number of anilines is 1. The van der Waals surface area contributed by atoms with Gasteiger partial charge in [-0.15, -0.1) is 0 Å². The van der Waals surface area contributed by atoms with Crippen LogP contribution in [0.4, 0.5) is 5.69 Å². The van der Waals surface area contributed by atoms with E-state index in [0.717, 1.165) is 56.9 Å². The Labute approximate surface area is 187 Å². The summed E-state index contributed by atoms with van der Waals surface area (Å²) in [5.41, 5.74) is 5.83. The number of para-hydroxylation sites is 1. The normalized spacial score (nSPS) is 18.5. The first kappa shape index (κ1) is 21.4. The Kier molecular flexibility index (Phi) is 6.24. The van der Waals surface area contributed by atoms with E-state index in [9.17, 15) is 9.90 Å². The number of carboxylic acids is 1. The van der Waals surface area contributed by atoms with Gasteiger partial charge in [0.05, 0.1) is 27.3 Å². The maximum Gasteiger partial charge on any atom is 0.306 e. The minimum atomic E-state index is -0.666. The number of pyridine rings is 1. The molecule has 0 saturated carbocycles. The number of carbonyl (C=O) groups is 1. The van der Waals surface area contributed by atoms with Crippen molar-refractivity contribution in [1.29, 1.82) is 0 Å². The second kappa shape index (κ2) is 8.74. The standard InChI is InChI=1S/C23H27Cl2N3O2/c1-14-15(2)21(18-12-28(13-18)22-19(24)4-3-5-20(22)25)26-10-17(14)11-27-8-6-16(7-9-27)23(29)30/h3-5,10,16,18H,6-9,11-13H2,1-2H3,(H,29,30). The molecule has 0 aliphatic carbocycles. The van der Waals surface area contributed by atoms with Crippen LogP contribution in [0.3, 0.4) is 0 Å². The lowest BCUT2D eigenvalue weighted by Crippen LogP contribution is -2.46. The number of aromatic nitrogens is 1. The molecule has 2 saturated heterocycles. The Morgan fingerprint density at radius 3 is 2.37 bits per heavy atom. The lowest BCUT2D eigenvalue weighted by atomic mass is 9.89. The summed E-state index contributed by atoms with van der Waals surface area (Å²) in [6, 6.07) is 5.61. The monoisotopic (exact) mass is 447 g/mol. The summed E-state index contributed by atoms with van der Waals surface area (Å²) >= 11 is 12.7. The van der Waals surface area contributed by atoms with Crippen LogP contribution in [0.2, 0.25) is 10.0 Å². The van der Waals surface area contributed by atoms with Crippen LogP contribution in [-0.2, 0) is 11.3 Å². The molecule has 30 heavy (non-hydrogen) atoms. The van der Waals surface area contributed by atoms with Gasteiger partial charge in [-0.25, -0.2) is 0 Å². The molecule has 4 rings (SSSR count). The summed E-state index contributed by atoms with van der Waals surface area (Å²) in [4.78, 5) is 20.5. The lowest BCUT2D eigenvalue weighted by molar-refractivity contribution is -0.143. The van der Waals surface area contributed by atoms with Crippen LogP contribution in [-0.4, -0.2) is 47.1 Å². The second-order valence-corrected chi connectivity index (χ2v) is 9.29. The van der Waals surface area contributed by atoms with Crippen molar-refractivity contribution in [3.8, 4) is 0 Å². The maximum atomic E-state index is 11.2. The Balaban J connectivity index is 1.41. The number of aliphatic carboxylic acids is 1. The molecule has 1 N–H and O–H groups in total. The van der Waals surface area contributed by atoms with Crippen LogP contribution in [0.5, 0.6) is 0 Å². The minimum Gasteiger partial charge on any atom is -0.481 e. The molecule has 0 radical (unpaired) electrons. The average molecular weight is 448 g/mol. The summed E-state index contributed by atoms with van der Waals surface area (Å²) in [6.45, 7) is 8.53. The average Bonchev–Trinajstić information content (AvgIpc) is 2.68. The number of likely N-dealkylation sites (tertiary alicyclic amines) is 1. The van der Waals surface area contributed by atoms with E-state index < -0.39 is 5.97 Å². The lowest BCUT2D eigenvalue weighted by Gasteiger charge is -2.42. The Morgan fingerprint density at radius 1 is 1.13 bits per heavy atom. The highest BCUT2D eigenvalue weighted by atomic mass is 35.5. The van der Waals surface area contributed by atoms with Crippen LogP contribution in [0.25, 0.3) is 0 Å². The van der Waals surface area contributed by atoms with Crippen molar-refractivity contribution >= 4 is 34.9 Å². The molecule has 2 aliphatic rings. The fourth-order valence-corrected chi connectivity index (χ4v) is 5.19. The van der Waals surface area contributed by atoms with Crippen LogP contribution < -0.4 is 4.90 Å². The highest BCUT2D eigenvalue weighted by Gasteiger charge is 2.33. The third-order valence-corrected chi connectivity index (χ3v) is 7.25. The molecule has 2 aromatic rings. The van der Waals surface area contributed by atoms with Crippen LogP contribution in [0.15, 0.2) is 24.4 Å². The summed E-state index contributed by atoms with van der Waals surface area (Å²) in [6.07, 6.45) is 3.45. The smallest absolute Gasteiger partial charge is 0.306 e. The molecule has 0 atom stereocenters. The van der Waals surface area contributed by atoms with Gasteiger partial charge in [-0.1, -0.05) is 29.3 Å². The number of nitrogens with zero attached hydrogens (tertiary/aromatic N) is 3. The molecule has 0 spiro atoms. The number of hydrogen-bond acceptors (Lipinski definition) is 4. The molecule has 2 fully saturated rings. The zero-order valence-corrected chi connectivity index (χ0v) is 18.9. The third kappa shape index (κ3) is 4.16. The van der Waals surface area contributed by atoms with Crippen molar-refractivity contribution < 1.29 is 9.90 Å².